The van der Waals surface area contributed by atoms with E-state index in [9.17, 15) is 0 Å². The Hall–Kier alpha value is -1.05. The number of hydrogen-bond acceptors (Lipinski definition) is 6. The Balaban J connectivity index is 1.74. The van der Waals surface area contributed by atoms with Gasteiger partial charge in [-0.2, -0.15) is 9.61 Å². The van der Waals surface area contributed by atoms with Gasteiger partial charge in [-0.15, -0.1) is 10.2 Å². The van der Waals surface area contributed by atoms with Crippen LogP contribution < -0.4 is 5.73 Å². The lowest BCUT2D eigenvalue weighted by atomic mass is 9.81. The zero-order valence-electron chi connectivity index (χ0n) is 11.4. The molecule has 2 aromatic rings. The highest BCUT2D eigenvalue weighted by Crippen LogP contribution is 2.39. The molecule has 0 amide bonds. The maximum atomic E-state index is 6.06. The Morgan fingerprint density at radius 2 is 2.10 bits per heavy atom. The lowest BCUT2D eigenvalue weighted by Gasteiger charge is -2.33. The van der Waals surface area contributed by atoms with Gasteiger partial charge >= 0.3 is 0 Å². The molecule has 0 unspecified atom stereocenters. The molecular formula is C13H19N5OS. The Labute approximate surface area is 121 Å². The highest BCUT2D eigenvalue weighted by atomic mass is 32.1. The average Bonchev–Trinajstić information content (AvgIpc) is 3.00. The zero-order chi connectivity index (χ0) is 13.6. The zero-order valence-corrected chi connectivity index (χ0v) is 12.2. The van der Waals surface area contributed by atoms with Gasteiger partial charge in [-0.25, -0.2) is 0 Å². The van der Waals surface area contributed by atoms with Crippen molar-refractivity contribution in [3.8, 4) is 0 Å². The van der Waals surface area contributed by atoms with E-state index in [1.54, 1.807) is 11.3 Å². The van der Waals surface area contributed by atoms with Gasteiger partial charge in [-0.05, 0) is 25.7 Å². The molecule has 6 nitrogen and oxygen atoms in total. The van der Waals surface area contributed by atoms with E-state index in [2.05, 4.69) is 10.2 Å². The van der Waals surface area contributed by atoms with Crippen LogP contribution >= 0.6 is 11.3 Å². The molecule has 4 rings (SSSR count). The topological polar surface area (TPSA) is 78.3 Å². The van der Waals surface area contributed by atoms with E-state index in [4.69, 9.17) is 15.6 Å². The fraction of sp³-hybridized carbons (Fsp3) is 0.769. The molecule has 0 atom stereocenters. The van der Waals surface area contributed by atoms with Crippen molar-refractivity contribution in [2.45, 2.75) is 43.4 Å². The van der Waals surface area contributed by atoms with Crippen LogP contribution in [-0.2, 0) is 10.2 Å². The Morgan fingerprint density at radius 3 is 2.75 bits per heavy atom. The van der Waals surface area contributed by atoms with Crippen LogP contribution in [0, 0.1) is 0 Å². The number of rotatable bonds is 3. The third-order valence-electron chi connectivity index (χ3n) is 4.78. The fourth-order valence-corrected chi connectivity index (χ4v) is 4.14. The van der Waals surface area contributed by atoms with Gasteiger partial charge in [0, 0.05) is 31.1 Å². The first-order valence-corrected chi connectivity index (χ1v) is 8.14. The highest BCUT2D eigenvalue weighted by molar-refractivity contribution is 7.16. The molecule has 0 bridgehead atoms. The molecule has 3 heterocycles. The third-order valence-corrected chi connectivity index (χ3v) is 5.92. The van der Waals surface area contributed by atoms with Crippen molar-refractivity contribution in [2.75, 3.05) is 19.8 Å². The number of aromatic nitrogens is 4. The molecule has 1 saturated carbocycles. The van der Waals surface area contributed by atoms with Crippen LogP contribution in [0.1, 0.15) is 48.9 Å². The van der Waals surface area contributed by atoms with Gasteiger partial charge in [0.25, 0.3) is 0 Å². The lowest BCUT2D eigenvalue weighted by Crippen LogP contribution is -2.40. The SMILES string of the molecule is NCC1(c2nn3c(C4CCC4)nnc3s2)CCOCC1. The maximum absolute atomic E-state index is 6.06. The molecule has 2 aliphatic rings. The molecule has 1 aliphatic heterocycles. The van der Waals surface area contributed by atoms with Crippen LogP contribution in [-0.4, -0.2) is 39.6 Å². The summed E-state index contributed by atoms with van der Waals surface area (Å²) in [7, 11) is 0. The van der Waals surface area contributed by atoms with Crippen molar-refractivity contribution in [1.82, 2.24) is 19.8 Å². The van der Waals surface area contributed by atoms with Crippen molar-refractivity contribution in [1.29, 1.82) is 0 Å². The van der Waals surface area contributed by atoms with Crippen LogP contribution in [0.4, 0.5) is 0 Å². The maximum Gasteiger partial charge on any atom is 0.234 e. The quantitative estimate of drug-likeness (QED) is 0.927. The smallest absolute Gasteiger partial charge is 0.234 e. The van der Waals surface area contributed by atoms with Gasteiger partial charge in [0.05, 0.1) is 0 Å². The molecule has 1 aliphatic carbocycles. The van der Waals surface area contributed by atoms with Gasteiger partial charge < -0.3 is 10.5 Å². The molecular weight excluding hydrogens is 274 g/mol. The number of nitrogens with zero attached hydrogens (tertiary/aromatic N) is 4. The fourth-order valence-electron chi connectivity index (χ4n) is 3.03. The van der Waals surface area contributed by atoms with Gasteiger partial charge in [-0.3, -0.25) is 0 Å². The summed E-state index contributed by atoms with van der Waals surface area (Å²) in [6.45, 7) is 2.17. The van der Waals surface area contributed by atoms with Crippen molar-refractivity contribution in [3.63, 3.8) is 0 Å². The number of ether oxygens (including phenoxy) is 1. The summed E-state index contributed by atoms with van der Waals surface area (Å²) in [4.78, 5) is 0.904. The second-order valence-corrected chi connectivity index (χ2v) is 6.84. The standard InChI is InChI=1S/C13H19N5OS/c14-8-13(4-6-19-7-5-13)11-17-18-10(9-2-1-3-9)15-16-12(18)20-11/h9H,1-8,14H2. The van der Waals surface area contributed by atoms with E-state index in [0.29, 0.717) is 12.5 Å². The minimum Gasteiger partial charge on any atom is -0.381 e. The van der Waals surface area contributed by atoms with Gasteiger partial charge in [0.15, 0.2) is 5.82 Å². The molecule has 20 heavy (non-hydrogen) atoms. The monoisotopic (exact) mass is 293 g/mol. The Kier molecular flexibility index (Phi) is 3.01. The van der Waals surface area contributed by atoms with Crippen LogP contribution in [0.25, 0.3) is 4.96 Å². The van der Waals surface area contributed by atoms with E-state index in [1.807, 2.05) is 4.52 Å². The normalized spacial score (nSPS) is 23.1. The second-order valence-electron chi connectivity index (χ2n) is 5.88. The average molecular weight is 293 g/mol. The summed E-state index contributed by atoms with van der Waals surface area (Å²) in [6, 6.07) is 0. The van der Waals surface area contributed by atoms with Crippen molar-refractivity contribution < 1.29 is 4.74 Å². The van der Waals surface area contributed by atoms with Crippen molar-refractivity contribution in [3.05, 3.63) is 10.8 Å². The molecule has 2 N–H and O–H groups in total. The summed E-state index contributed by atoms with van der Waals surface area (Å²) in [5, 5.41) is 14.5. The summed E-state index contributed by atoms with van der Waals surface area (Å²) in [6.07, 6.45) is 5.62. The van der Waals surface area contributed by atoms with E-state index < -0.39 is 0 Å². The molecule has 7 heteroatoms. The Bertz CT molecular complexity index is 611. The van der Waals surface area contributed by atoms with Crippen LogP contribution in [0.15, 0.2) is 0 Å². The van der Waals surface area contributed by atoms with E-state index in [1.165, 1.54) is 19.3 Å². The van der Waals surface area contributed by atoms with Gasteiger partial charge in [0.1, 0.15) is 5.01 Å². The van der Waals surface area contributed by atoms with Crippen LogP contribution in [0.2, 0.25) is 0 Å². The van der Waals surface area contributed by atoms with Gasteiger partial charge in [-0.1, -0.05) is 17.8 Å². The lowest BCUT2D eigenvalue weighted by molar-refractivity contribution is 0.0525. The number of hydrogen-bond donors (Lipinski definition) is 1. The summed E-state index contributed by atoms with van der Waals surface area (Å²) in [5.74, 6) is 1.58. The summed E-state index contributed by atoms with van der Waals surface area (Å²) >= 11 is 1.64. The van der Waals surface area contributed by atoms with E-state index >= 15 is 0 Å². The first-order valence-electron chi connectivity index (χ1n) is 7.33. The van der Waals surface area contributed by atoms with Crippen LogP contribution in [0.3, 0.4) is 0 Å². The molecule has 108 valence electrons. The van der Waals surface area contributed by atoms with Crippen LogP contribution in [0.5, 0.6) is 0 Å². The largest absolute Gasteiger partial charge is 0.381 e. The first-order chi connectivity index (χ1) is 9.82. The van der Waals surface area contributed by atoms with Crippen molar-refractivity contribution >= 4 is 16.3 Å². The molecule has 2 aromatic heterocycles. The number of fused-ring (bicyclic) bond motifs is 1. The highest BCUT2D eigenvalue weighted by Gasteiger charge is 2.37. The predicted octanol–water partition coefficient (Wildman–Crippen LogP) is 1.46. The first kappa shape index (κ1) is 12.7. The molecule has 2 fully saturated rings. The minimum absolute atomic E-state index is 0.0273. The summed E-state index contributed by atoms with van der Waals surface area (Å²) in [5.41, 5.74) is 6.03. The molecule has 1 saturated heterocycles. The third kappa shape index (κ3) is 1.80. The van der Waals surface area contributed by atoms with E-state index in [-0.39, 0.29) is 5.41 Å². The van der Waals surface area contributed by atoms with Gasteiger partial charge in [0.2, 0.25) is 4.96 Å². The molecule has 0 spiro atoms. The Morgan fingerprint density at radius 1 is 1.30 bits per heavy atom. The van der Waals surface area contributed by atoms with Crippen molar-refractivity contribution in [2.24, 2.45) is 5.73 Å². The molecule has 0 aromatic carbocycles. The summed E-state index contributed by atoms with van der Waals surface area (Å²) < 4.78 is 7.43. The minimum atomic E-state index is -0.0273. The predicted molar refractivity (Wildman–Crippen MR) is 76.0 cm³/mol. The molecule has 0 radical (unpaired) electrons. The number of nitrogens with two attached hydrogens (primary N) is 1. The van der Waals surface area contributed by atoms with E-state index in [0.717, 1.165) is 41.8 Å². The second kappa shape index (κ2) is 4.75.